The second-order valence-corrected chi connectivity index (χ2v) is 11.9. The summed E-state index contributed by atoms with van der Waals surface area (Å²) in [5.74, 6) is -0.661. The Hall–Kier alpha value is -4.08. The topological polar surface area (TPSA) is 165 Å². The maximum atomic E-state index is 13.0. The molecule has 42 heavy (non-hydrogen) atoms. The fraction of sp³-hybridized carbons (Fsp3) is 0.483. The molecule has 2 heterocycles. The fourth-order valence-corrected chi connectivity index (χ4v) is 6.08. The number of aryl methyl sites for hydroxylation is 2. The minimum Gasteiger partial charge on any atom is -0.492 e. The zero-order valence-electron chi connectivity index (χ0n) is 24.0. The highest BCUT2D eigenvalue weighted by Crippen LogP contribution is 2.55. The summed E-state index contributed by atoms with van der Waals surface area (Å²) in [6.07, 6.45) is 4.06. The van der Waals surface area contributed by atoms with Crippen molar-refractivity contribution < 1.29 is 29.3 Å². The number of nitrogens with one attached hydrogen (secondary N) is 1. The maximum Gasteiger partial charge on any atom is 0.356 e. The smallest absolute Gasteiger partial charge is 0.356 e. The molecule has 1 saturated carbocycles. The third-order valence-electron chi connectivity index (χ3n) is 7.58. The van der Waals surface area contributed by atoms with E-state index in [1.54, 1.807) is 35.3 Å². The molecule has 0 spiro atoms. The van der Waals surface area contributed by atoms with E-state index in [-0.39, 0.29) is 53.3 Å². The van der Waals surface area contributed by atoms with E-state index in [1.807, 2.05) is 27.7 Å². The summed E-state index contributed by atoms with van der Waals surface area (Å²) < 4.78 is 15.5. The van der Waals surface area contributed by atoms with Gasteiger partial charge >= 0.3 is 5.97 Å². The first-order valence-corrected chi connectivity index (χ1v) is 14.0. The van der Waals surface area contributed by atoms with E-state index in [2.05, 4.69) is 21.6 Å². The number of halogens is 1. The van der Waals surface area contributed by atoms with Crippen molar-refractivity contribution in [2.24, 2.45) is 10.8 Å². The largest absolute Gasteiger partial charge is 0.492 e. The highest BCUT2D eigenvalue weighted by molar-refractivity contribution is 6.32. The number of aliphatic hydroxyl groups is 1. The number of aromatic carboxylic acids is 1. The number of benzene rings is 1. The lowest BCUT2D eigenvalue weighted by Gasteiger charge is -2.63. The van der Waals surface area contributed by atoms with Crippen molar-refractivity contribution >= 4 is 23.5 Å². The molecule has 12 nitrogen and oxygen atoms in total. The number of rotatable bonds is 13. The van der Waals surface area contributed by atoms with Crippen molar-refractivity contribution in [3.05, 3.63) is 58.6 Å². The van der Waals surface area contributed by atoms with Crippen LogP contribution in [0.2, 0.25) is 5.02 Å². The number of aromatic nitrogens is 4. The number of nitriles is 1. The summed E-state index contributed by atoms with van der Waals surface area (Å²) in [6, 6.07) is 8.15. The molecule has 0 unspecified atom stereocenters. The summed E-state index contributed by atoms with van der Waals surface area (Å²) in [5, 5.41) is 39.3. The Morgan fingerprint density at radius 3 is 2.29 bits per heavy atom. The molecule has 224 valence electrons. The van der Waals surface area contributed by atoms with E-state index in [0.717, 1.165) is 0 Å². The van der Waals surface area contributed by atoms with Crippen LogP contribution in [0.15, 0.2) is 36.7 Å². The van der Waals surface area contributed by atoms with Gasteiger partial charge < -0.3 is 25.0 Å². The summed E-state index contributed by atoms with van der Waals surface area (Å²) in [6.45, 7) is 9.30. The van der Waals surface area contributed by atoms with Crippen molar-refractivity contribution in [3.8, 4) is 17.6 Å². The molecule has 2 aromatic heterocycles. The third-order valence-corrected chi connectivity index (χ3v) is 7.87. The highest BCUT2D eigenvalue weighted by atomic mass is 35.5. The van der Waals surface area contributed by atoms with Crippen molar-refractivity contribution in [3.63, 3.8) is 0 Å². The molecule has 0 aliphatic heterocycles. The predicted molar refractivity (Wildman–Crippen MR) is 153 cm³/mol. The van der Waals surface area contributed by atoms with Crippen molar-refractivity contribution in [2.75, 3.05) is 13.2 Å². The number of carboxylic acids is 1. The SMILES string of the molecule is CC1(C)C(NC(=O)c2ccn(CCCO)n2)C(C)(C)C1Oc1cc(Cl)c(C#N)c(OCCCn2ccc(C(=O)O)n2)c1. The molecule has 0 atom stereocenters. The van der Waals surface area contributed by atoms with Crippen LogP contribution in [0.1, 0.15) is 67.1 Å². The van der Waals surface area contributed by atoms with Gasteiger partial charge in [0.05, 0.1) is 11.6 Å². The van der Waals surface area contributed by atoms with Crippen molar-refractivity contribution in [1.29, 1.82) is 5.26 Å². The Kier molecular flexibility index (Phi) is 9.13. The summed E-state index contributed by atoms with van der Waals surface area (Å²) in [5.41, 5.74) is -0.462. The summed E-state index contributed by atoms with van der Waals surface area (Å²) in [4.78, 5) is 24.0. The Labute approximate surface area is 248 Å². The fourth-order valence-electron chi connectivity index (χ4n) is 5.84. The Balaban J connectivity index is 1.41. The molecule has 0 radical (unpaired) electrons. The number of nitrogens with zero attached hydrogens (tertiary/aromatic N) is 5. The van der Waals surface area contributed by atoms with Crippen molar-refractivity contribution in [2.45, 2.75) is 65.8 Å². The van der Waals surface area contributed by atoms with Crippen LogP contribution in [0.25, 0.3) is 0 Å². The molecule has 1 aliphatic carbocycles. The van der Waals surface area contributed by atoms with Gasteiger partial charge in [0.2, 0.25) is 0 Å². The minimum atomic E-state index is -1.09. The van der Waals surface area contributed by atoms with Crippen LogP contribution in [0.4, 0.5) is 0 Å². The third kappa shape index (κ3) is 6.37. The number of ether oxygens (including phenoxy) is 2. The molecular formula is C29H35ClN6O6. The van der Waals surface area contributed by atoms with Crippen LogP contribution in [-0.2, 0) is 13.1 Å². The second-order valence-electron chi connectivity index (χ2n) is 11.4. The number of carboxylic acid groups (broad SMARTS) is 1. The maximum absolute atomic E-state index is 13.0. The number of carbonyl (C=O) groups excluding carboxylic acids is 1. The molecule has 1 aromatic carbocycles. The summed E-state index contributed by atoms with van der Waals surface area (Å²) >= 11 is 6.43. The highest BCUT2D eigenvalue weighted by Gasteiger charge is 2.64. The molecule has 1 fully saturated rings. The predicted octanol–water partition coefficient (Wildman–Crippen LogP) is 3.77. The van der Waals surface area contributed by atoms with E-state index in [1.165, 1.54) is 10.7 Å². The molecule has 0 saturated heterocycles. The standard InChI is InChI=1S/C29H35ClN6O6/c1-28(2)26(32-24(38)21-7-11-35(33-21)9-5-13-37)29(3,4)27(28)42-18-15-20(30)19(17-31)23(16-18)41-14-6-10-36-12-8-22(34-36)25(39)40/h7-8,11-12,15-16,26-27,37H,5-6,9-10,13-14H2,1-4H3,(H,32,38)(H,39,40). The Morgan fingerprint density at radius 2 is 1.69 bits per heavy atom. The number of hydrogen-bond donors (Lipinski definition) is 3. The molecule has 3 N–H and O–H groups in total. The molecular weight excluding hydrogens is 564 g/mol. The van der Waals surface area contributed by atoms with E-state index in [9.17, 15) is 14.9 Å². The van der Waals surface area contributed by atoms with Crippen LogP contribution in [0, 0.1) is 22.2 Å². The van der Waals surface area contributed by atoms with E-state index in [0.29, 0.717) is 37.4 Å². The van der Waals surface area contributed by atoms with Gasteiger partial charge in [-0.15, -0.1) is 0 Å². The monoisotopic (exact) mass is 598 g/mol. The number of aliphatic hydroxyl groups excluding tert-OH is 1. The van der Waals surface area contributed by atoms with Gasteiger partial charge in [-0.05, 0) is 18.6 Å². The first-order chi connectivity index (χ1) is 19.9. The lowest BCUT2D eigenvalue weighted by atomic mass is 9.49. The Bertz CT molecular complexity index is 1470. The number of amides is 1. The number of hydrogen-bond acceptors (Lipinski definition) is 8. The van der Waals surface area contributed by atoms with Gasteiger partial charge in [0, 0.05) is 67.5 Å². The molecule has 13 heteroatoms. The van der Waals surface area contributed by atoms with Crippen LogP contribution in [0.5, 0.6) is 11.5 Å². The minimum absolute atomic E-state index is 0.0343. The lowest BCUT2D eigenvalue weighted by molar-refractivity contribution is -0.164. The van der Waals surface area contributed by atoms with Crippen LogP contribution >= 0.6 is 11.6 Å². The Morgan fingerprint density at radius 1 is 1.07 bits per heavy atom. The van der Waals surface area contributed by atoms with E-state index < -0.39 is 16.8 Å². The van der Waals surface area contributed by atoms with Crippen LogP contribution in [-0.4, -0.2) is 67.0 Å². The van der Waals surface area contributed by atoms with Crippen LogP contribution < -0.4 is 14.8 Å². The normalized spacial score (nSPS) is 18.5. The van der Waals surface area contributed by atoms with Gasteiger partial charge in [-0.1, -0.05) is 39.3 Å². The molecule has 4 rings (SSSR count). The molecule has 0 bridgehead atoms. The van der Waals surface area contributed by atoms with Gasteiger partial charge in [-0.3, -0.25) is 14.2 Å². The quantitative estimate of drug-likeness (QED) is 0.248. The van der Waals surface area contributed by atoms with Gasteiger partial charge in [0.15, 0.2) is 5.69 Å². The molecule has 1 amide bonds. The average Bonchev–Trinajstić information content (AvgIpc) is 3.61. The zero-order valence-corrected chi connectivity index (χ0v) is 24.8. The lowest BCUT2D eigenvalue weighted by Crippen LogP contribution is -2.74. The van der Waals surface area contributed by atoms with Gasteiger partial charge in [-0.25, -0.2) is 4.79 Å². The van der Waals surface area contributed by atoms with Crippen molar-refractivity contribution in [1.82, 2.24) is 24.9 Å². The van der Waals surface area contributed by atoms with Gasteiger partial charge in [0.25, 0.3) is 5.91 Å². The summed E-state index contributed by atoms with van der Waals surface area (Å²) in [7, 11) is 0. The number of carbonyl (C=O) groups is 2. The second kappa shape index (κ2) is 12.4. The first-order valence-electron chi connectivity index (χ1n) is 13.6. The van der Waals surface area contributed by atoms with Gasteiger partial charge in [-0.2, -0.15) is 15.5 Å². The zero-order chi connectivity index (χ0) is 30.7. The van der Waals surface area contributed by atoms with Gasteiger partial charge in [0.1, 0.15) is 34.9 Å². The average molecular weight is 599 g/mol. The first kappa shape index (κ1) is 30.9. The van der Waals surface area contributed by atoms with Crippen LogP contribution in [0.3, 0.4) is 0 Å². The van der Waals surface area contributed by atoms with E-state index in [4.69, 9.17) is 31.3 Å². The van der Waals surface area contributed by atoms with E-state index >= 15 is 0 Å². The molecule has 1 aliphatic rings. The molecule has 3 aromatic rings.